The maximum atomic E-state index is 12.3. The van der Waals surface area contributed by atoms with E-state index in [1.54, 1.807) is 0 Å². The molecule has 2 unspecified atom stereocenters. The molecule has 0 radical (unpaired) electrons. The van der Waals surface area contributed by atoms with Crippen molar-refractivity contribution in [1.29, 1.82) is 0 Å². The van der Waals surface area contributed by atoms with Gasteiger partial charge in [-0.3, -0.25) is 0 Å². The first-order valence-corrected chi connectivity index (χ1v) is 9.56. The molecule has 1 aliphatic carbocycles. The number of nitrogens with one attached hydrogen (secondary N) is 1. The van der Waals surface area contributed by atoms with Crippen LogP contribution in [0.25, 0.3) is 0 Å². The average Bonchev–Trinajstić information content (AvgIpc) is 2.40. The molecular formula is C12H18N2O5S2. The van der Waals surface area contributed by atoms with Crippen LogP contribution in [0.1, 0.15) is 25.7 Å². The number of rotatable bonds is 4. The molecule has 0 aliphatic heterocycles. The molecule has 0 amide bonds. The Kier molecular flexibility index (Phi) is 4.69. The first-order valence-electron chi connectivity index (χ1n) is 6.53. The summed E-state index contributed by atoms with van der Waals surface area (Å²) in [4.78, 5) is -0.457. The Balaban J connectivity index is 2.27. The molecule has 0 heterocycles. The maximum absolute atomic E-state index is 12.3. The molecule has 2 atom stereocenters. The second-order valence-corrected chi connectivity index (χ2v) is 8.37. The average molecular weight is 334 g/mol. The Morgan fingerprint density at radius 2 is 1.71 bits per heavy atom. The molecule has 1 fully saturated rings. The summed E-state index contributed by atoms with van der Waals surface area (Å²) in [5, 5.41) is 14.8. The fraction of sp³-hybridized carbons (Fsp3) is 0.500. The largest absolute Gasteiger partial charge is 0.391 e. The van der Waals surface area contributed by atoms with Gasteiger partial charge in [0.25, 0.3) is 0 Å². The minimum absolute atomic E-state index is 0.188. The van der Waals surface area contributed by atoms with E-state index in [4.69, 9.17) is 5.14 Å². The third-order valence-corrected chi connectivity index (χ3v) is 5.88. The summed E-state index contributed by atoms with van der Waals surface area (Å²) in [5.41, 5.74) is 0. The van der Waals surface area contributed by atoms with Crippen LogP contribution in [0.15, 0.2) is 34.1 Å². The standard InChI is InChI=1S/C12H18N2O5S2/c13-20(16,17)9-4-3-5-10(8-9)21(18,19)14-11-6-1-2-7-12(11)15/h3-5,8,11-12,14-15H,1-2,6-7H2,(H2,13,16,17). The van der Waals surface area contributed by atoms with Crippen LogP contribution in [-0.4, -0.2) is 34.1 Å². The van der Waals surface area contributed by atoms with Crippen molar-refractivity contribution in [3.05, 3.63) is 24.3 Å². The van der Waals surface area contributed by atoms with Gasteiger partial charge in [0.05, 0.1) is 15.9 Å². The van der Waals surface area contributed by atoms with E-state index in [2.05, 4.69) is 4.72 Å². The van der Waals surface area contributed by atoms with Gasteiger partial charge in [-0.15, -0.1) is 0 Å². The van der Waals surface area contributed by atoms with Crippen LogP contribution >= 0.6 is 0 Å². The molecule has 0 spiro atoms. The number of aliphatic hydroxyl groups is 1. The maximum Gasteiger partial charge on any atom is 0.240 e. The van der Waals surface area contributed by atoms with Crippen molar-refractivity contribution >= 4 is 20.0 Å². The molecule has 9 heteroatoms. The van der Waals surface area contributed by atoms with E-state index in [1.165, 1.54) is 18.2 Å². The van der Waals surface area contributed by atoms with E-state index >= 15 is 0 Å². The zero-order chi connectivity index (χ0) is 15.7. The summed E-state index contributed by atoms with van der Waals surface area (Å²) < 4.78 is 49.5. The molecule has 1 aromatic carbocycles. The highest BCUT2D eigenvalue weighted by atomic mass is 32.2. The van der Waals surface area contributed by atoms with Crippen LogP contribution in [0.2, 0.25) is 0 Å². The summed E-state index contributed by atoms with van der Waals surface area (Å²) in [7, 11) is -7.88. The molecule has 7 nitrogen and oxygen atoms in total. The third kappa shape index (κ3) is 4.01. The topological polar surface area (TPSA) is 127 Å². The number of primary sulfonamides is 1. The van der Waals surface area contributed by atoms with E-state index < -0.39 is 32.2 Å². The molecule has 4 N–H and O–H groups in total. The SMILES string of the molecule is NS(=O)(=O)c1cccc(S(=O)(=O)NC2CCCCC2O)c1. The van der Waals surface area contributed by atoms with Crippen molar-refractivity contribution in [3.63, 3.8) is 0 Å². The monoisotopic (exact) mass is 334 g/mol. The predicted octanol–water partition coefficient (Wildman–Crippen LogP) is -0.0842. The predicted molar refractivity (Wildman–Crippen MR) is 76.4 cm³/mol. The Morgan fingerprint density at radius 1 is 1.10 bits per heavy atom. The molecular weight excluding hydrogens is 316 g/mol. The second kappa shape index (κ2) is 6.01. The van der Waals surface area contributed by atoms with Gasteiger partial charge < -0.3 is 5.11 Å². The second-order valence-electron chi connectivity index (χ2n) is 5.10. The Bertz CT molecular complexity index is 715. The Morgan fingerprint density at radius 3 is 2.33 bits per heavy atom. The zero-order valence-electron chi connectivity index (χ0n) is 11.3. The van der Waals surface area contributed by atoms with Gasteiger partial charge >= 0.3 is 0 Å². The number of aliphatic hydroxyl groups excluding tert-OH is 1. The number of hydrogen-bond donors (Lipinski definition) is 3. The van der Waals surface area contributed by atoms with Gasteiger partial charge in [-0.05, 0) is 31.0 Å². The fourth-order valence-electron chi connectivity index (χ4n) is 2.33. The summed E-state index contributed by atoms with van der Waals surface area (Å²) >= 11 is 0. The van der Waals surface area contributed by atoms with E-state index in [0.29, 0.717) is 12.8 Å². The van der Waals surface area contributed by atoms with Gasteiger partial charge in [0, 0.05) is 6.04 Å². The van der Waals surface area contributed by atoms with Crippen LogP contribution in [0.5, 0.6) is 0 Å². The number of benzene rings is 1. The summed E-state index contributed by atoms with van der Waals surface area (Å²) in [6.07, 6.45) is 2.07. The van der Waals surface area contributed by atoms with Crippen molar-refractivity contribution < 1.29 is 21.9 Å². The minimum Gasteiger partial charge on any atom is -0.391 e. The van der Waals surface area contributed by atoms with Gasteiger partial charge in [-0.2, -0.15) is 0 Å². The lowest BCUT2D eigenvalue weighted by Crippen LogP contribution is -2.44. The highest BCUT2D eigenvalue weighted by Gasteiger charge is 2.28. The lowest BCUT2D eigenvalue weighted by atomic mass is 9.93. The van der Waals surface area contributed by atoms with Crippen molar-refractivity contribution in [1.82, 2.24) is 4.72 Å². The quantitative estimate of drug-likeness (QED) is 0.709. The molecule has 1 saturated carbocycles. The minimum atomic E-state index is -3.97. The van der Waals surface area contributed by atoms with Gasteiger partial charge in [0.15, 0.2) is 0 Å². The van der Waals surface area contributed by atoms with E-state index in [9.17, 15) is 21.9 Å². The van der Waals surface area contributed by atoms with E-state index in [-0.39, 0.29) is 9.79 Å². The lowest BCUT2D eigenvalue weighted by Gasteiger charge is -2.28. The number of sulfonamides is 2. The highest BCUT2D eigenvalue weighted by Crippen LogP contribution is 2.21. The van der Waals surface area contributed by atoms with E-state index in [0.717, 1.165) is 18.9 Å². The Labute approximate surface area is 124 Å². The smallest absolute Gasteiger partial charge is 0.240 e. The molecule has 0 bridgehead atoms. The molecule has 1 aromatic rings. The normalized spacial score (nSPS) is 23.9. The summed E-state index contributed by atoms with van der Waals surface area (Å²) in [6.45, 7) is 0. The summed E-state index contributed by atoms with van der Waals surface area (Å²) in [6, 6.07) is 4.27. The van der Waals surface area contributed by atoms with E-state index in [1.807, 2.05) is 0 Å². The van der Waals surface area contributed by atoms with Crippen LogP contribution in [0, 0.1) is 0 Å². The van der Waals surface area contributed by atoms with Gasteiger partial charge in [-0.25, -0.2) is 26.7 Å². The van der Waals surface area contributed by atoms with Gasteiger partial charge in [0.1, 0.15) is 0 Å². The highest BCUT2D eigenvalue weighted by molar-refractivity contribution is 7.90. The van der Waals surface area contributed by atoms with Crippen molar-refractivity contribution in [2.45, 2.75) is 47.6 Å². The van der Waals surface area contributed by atoms with Crippen molar-refractivity contribution in [2.75, 3.05) is 0 Å². The first-order chi connectivity index (χ1) is 9.70. The lowest BCUT2D eigenvalue weighted by molar-refractivity contribution is 0.101. The summed E-state index contributed by atoms with van der Waals surface area (Å²) in [5.74, 6) is 0. The van der Waals surface area contributed by atoms with Crippen molar-refractivity contribution in [3.8, 4) is 0 Å². The van der Waals surface area contributed by atoms with Crippen LogP contribution in [0.4, 0.5) is 0 Å². The third-order valence-electron chi connectivity index (χ3n) is 3.48. The first kappa shape index (κ1) is 16.4. The number of hydrogen-bond acceptors (Lipinski definition) is 5. The molecule has 118 valence electrons. The van der Waals surface area contributed by atoms with Crippen molar-refractivity contribution in [2.24, 2.45) is 5.14 Å². The van der Waals surface area contributed by atoms with Gasteiger partial charge in [0.2, 0.25) is 20.0 Å². The van der Waals surface area contributed by atoms with Crippen LogP contribution < -0.4 is 9.86 Å². The molecule has 2 rings (SSSR count). The molecule has 21 heavy (non-hydrogen) atoms. The molecule has 0 aromatic heterocycles. The van der Waals surface area contributed by atoms with Crippen LogP contribution in [-0.2, 0) is 20.0 Å². The number of nitrogens with two attached hydrogens (primary N) is 1. The molecule has 0 saturated heterocycles. The fourth-order valence-corrected chi connectivity index (χ4v) is 4.32. The van der Waals surface area contributed by atoms with Gasteiger partial charge in [-0.1, -0.05) is 18.9 Å². The Hall–Kier alpha value is -1.00. The zero-order valence-corrected chi connectivity index (χ0v) is 12.9. The molecule has 1 aliphatic rings. The van der Waals surface area contributed by atoms with Crippen LogP contribution in [0.3, 0.4) is 0 Å².